The minimum Gasteiger partial charge on any atom is -0.464 e. The van der Waals surface area contributed by atoms with E-state index in [9.17, 15) is 4.79 Å². The van der Waals surface area contributed by atoms with Crippen molar-refractivity contribution in [2.75, 3.05) is 13.7 Å². The third-order valence-corrected chi connectivity index (χ3v) is 4.36. The number of halogens is 2. The first kappa shape index (κ1) is 19.7. The van der Waals surface area contributed by atoms with Crippen molar-refractivity contribution < 1.29 is 14.3 Å². The summed E-state index contributed by atoms with van der Waals surface area (Å²) >= 11 is 11.9. The molecule has 0 saturated carbocycles. The van der Waals surface area contributed by atoms with Gasteiger partial charge in [-0.05, 0) is 53.9 Å². The highest BCUT2D eigenvalue weighted by Crippen LogP contribution is 2.23. The SMILES string of the molecule is CCOC(=O)[C@H](OC)[C@@H](Cc1ccc(-c2cccc(Cl)c2)cc1)NCl. The lowest BCUT2D eigenvalue weighted by molar-refractivity contribution is -0.156. The van der Waals surface area contributed by atoms with E-state index >= 15 is 0 Å². The molecule has 0 aliphatic carbocycles. The van der Waals surface area contributed by atoms with Crippen molar-refractivity contribution in [2.24, 2.45) is 0 Å². The van der Waals surface area contributed by atoms with E-state index in [2.05, 4.69) is 4.84 Å². The van der Waals surface area contributed by atoms with Crippen LogP contribution < -0.4 is 4.84 Å². The number of hydrogen-bond acceptors (Lipinski definition) is 4. The normalized spacial score (nSPS) is 13.3. The van der Waals surface area contributed by atoms with Crippen LogP contribution in [0.15, 0.2) is 48.5 Å². The predicted molar refractivity (Wildman–Crippen MR) is 101 cm³/mol. The zero-order valence-electron chi connectivity index (χ0n) is 14.2. The molecule has 0 spiro atoms. The fraction of sp³-hybridized carbons (Fsp3) is 0.316. The van der Waals surface area contributed by atoms with Gasteiger partial charge in [0.1, 0.15) is 0 Å². The van der Waals surface area contributed by atoms with Crippen LogP contribution in [0.4, 0.5) is 0 Å². The highest BCUT2D eigenvalue weighted by molar-refractivity contribution is 6.30. The Morgan fingerprint density at radius 2 is 1.88 bits per heavy atom. The van der Waals surface area contributed by atoms with Gasteiger partial charge < -0.3 is 9.47 Å². The second-order valence-corrected chi connectivity index (χ2v) is 6.19. The van der Waals surface area contributed by atoms with Crippen LogP contribution in [0.2, 0.25) is 5.02 Å². The van der Waals surface area contributed by atoms with Crippen LogP contribution >= 0.6 is 23.4 Å². The molecule has 0 aromatic heterocycles. The summed E-state index contributed by atoms with van der Waals surface area (Å²) in [4.78, 5) is 14.6. The maximum atomic E-state index is 12.0. The summed E-state index contributed by atoms with van der Waals surface area (Å²) < 4.78 is 10.3. The second kappa shape index (κ2) is 9.78. The molecule has 2 aromatic rings. The van der Waals surface area contributed by atoms with Crippen LogP contribution in [0.3, 0.4) is 0 Å². The third-order valence-electron chi connectivity index (χ3n) is 3.85. The van der Waals surface area contributed by atoms with E-state index in [-0.39, 0.29) is 0 Å². The molecule has 0 unspecified atom stereocenters. The Labute approximate surface area is 158 Å². The Bertz CT molecular complexity index is 691. The van der Waals surface area contributed by atoms with E-state index in [0.29, 0.717) is 18.1 Å². The van der Waals surface area contributed by atoms with Gasteiger partial charge >= 0.3 is 5.97 Å². The molecule has 134 valence electrons. The van der Waals surface area contributed by atoms with Crippen molar-refractivity contribution >= 4 is 29.3 Å². The second-order valence-electron chi connectivity index (χ2n) is 5.54. The molecule has 0 fully saturated rings. The van der Waals surface area contributed by atoms with Crippen LogP contribution in [0, 0.1) is 0 Å². The van der Waals surface area contributed by atoms with Gasteiger partial charge in [0.15, 0.2) is 6.10 Å². The molecule has 2 rings (SSSR count). The Morgan fingerprint density at radius 3 is 2.44 bits per heavy atom. The van der Waals surface area contributed by atoms with Gasteiger partial charge in [-0.1, -0.05) is 48.0 Å². The largest absolute Gasteiger partial charge is 0.464 e. The number of ether oxygens (including phenoxy) is 2. The zero-order chi connectivity index (χ0) is 18.2. The van der Waals surface area contributed by atoms with Crippen molar-refractivity contribution in [1.82, 2.24) is 4.84 Å². The molecule has 0 heterocycles. The van der Waals surface area contributed by atoms with E-state index in [1.807, 2.05) is 48.5 Å². The summed E-state index contributed by atoms with van der Waals surface area (Å²) in [5, 5.41) is 0.699. The zero-order valence-corrected chi connectivity index (χ0v) is 15.7. The van der Waals surface area contributed by atoms with Crippen LogP contribution in [0.1, 0.15) is 12.5 Å². The van der Waals surface area contributed by atoms with Crippen molar-refractivity contribution in [3.8, 4) is 11.1 Å². The van der Waals surface area contributed by atoms with Gasteiger partial charge in [0.05, 0.1) is 12.6 Å². The van der Waals surface area contributed by atoms with E-state index in [1.54, 1.807) is 6.92 Å². The maximum absolute atomic E-state index is 12.0. The predicted octanol–water partition coefficient (Wildman–Crippen LogP) is 4.24. The first-order valence-corrected chi connectivity index (χ1v) is 8.75. The average Bonchev–Trinajstić information content (AvgIpc) is 2.62. The van der Waals surface area contributed by atoms with Gasteiger partial charge in [0, 0.05) is 12.1 Å². The highest BCUT2D eigenvalue weighted by Gasteiger charge is 2.29. The Balaban J connectivity index is 2.11. The molecule has 2 atom stereocenters. The van der Waals surface area contributed by atoms with Crippen molar-refractivity contribution in [2.45, 2.75) is 25.5 Å². The lowest BCUT2D eigenvalue weighted by Crippen LogP contribution is -2.44. The highest BCUT2D eigenvalue weighted by atomic mass is 35.5. The average molecular weight is 382 g/mol. The monoisotopic (exact) mass is 381 g/mol. The van der Waals surface area contributed by atoms with E-state index in [1.165, 1.54) is 7.11 Å². The van der Waals surface area contributed by atoms with E-state index in [4.69, 9.17) is 32.9 Å². The Hall–Kier alpha value is -1.59. The molecular weight excluding hydrogens is 361 g/mol. The van der Waals surface area contributed by atoms with Gasteiger partial charge in [-0.2, -0.15) is 0 Å². The van der Waals surface area contributed by atoms with Crippen LogP contribution in [0.25, 0.3) is 11.1 Å². The van der Waals surface area contributed by atoms with Crippen molar-refractivity contribution in [3.05, 3.63) is 59.1 Å². The molecule has 1 N–H and O–H groups in total. The van der Waals surface area contributed by atoms with E-state index in [0.717, 1.165) is 16.7 Å². The summed E-state index contributed by atoms with van der Waals surface area (Å²) in [6.45, 7) is 2.05. The van der Waals surface area contributed by atoms with E-state index < -0.39 is 18.1 Å². The quantitative estimate of drug-likeness (QED) is 0.548. The number of carbonyl (C=O) groups is 1. The molecule has 0 radical (unpaired) electrons. The summed E-state index contributed by atoms with van der Waals surface area (Å²) in [5.74, 6) is -0.432. The fourth-order valence-electron chi connectivity index (χ4n) is 2.61. The number of carbonyl (C=O) groups excluding carboxylic acids is 1. The number of nitrogens with one attached hydrogen (secondary N) is 1. The lowest BCUT2D eigenvalue weighted by Gasteiger charge is -2.23. The van der Waals surface area contributed by atoms with Crippen molar-refractivity contribution in [1.29, 1.82) is 0 Å². The molecule has 0 aliphatic heterocycles. The van der Waals surface area contributed by atoms with Gasteiger partial charge in [0.25, 0.3) is 0 Å². The Kier molecular flexibility index (Phi) is 7.72. The molecule has 25 heavy (non-hydrogen) atoms. The third kappa shape index (κ3) is 5.44. The molecule has 0 aliphatic rings. The van der Waals surface area contributed by atoms with Crippen LogP contribution in [-0.2, 0) is 20.7 Å². The van der Waals surface area contributed by atoms with Gasteiger partial charge in [-0.15, -0.1) is 0 Å². The van der Waals surface area contributed by atoms with Gasteiger partial charge in [-0.25, -0.2) is 9.63 Å². The number of hydrogen-bond donors (Lipinski definition) is 1. The molecule has 4 nitrogen and oxygen atoms in total. The van der Waals surface area contributed by atoms with Gasteiger partial charge in [-0.3, -0.25) is 0 Å². The summed E-state index contributed by atoms with van der Waals surface area (Å²) in [7, 11) is 1.46. The summed E-state index contributed by atoms with van der Waals surface area (Å²) in [5.41, 5.74) is 3.14. The molecule has 2 aromatic carbocycles. The Morgan fingerprint density at radius 1 is 1.16 bits per heavy atom. The number of esters is 1. The minimum atomic E-state index is -0.773. The lowest BCUT2D eigenvalue weighted by atomic mass is 9.98. The van der Waals surface area contributed by atoms with Gasteiger partial charge in [0.2, 0.25) is 0 Å². The first-order chi connectivity index (χ1) is 12.1. The van der Waals surface area contributed by atoms with Crippen molar-refractivity contribution in [3.63, 3.8) is 0 Å². The number of methoxy groups -OCH3 is 1. The van der Waals surface area contributed by atoms with Crippen LogP contribution in [-0.4, -0.2) is 31.8 Å². The summed E-state index contributed by atoms with van der Waals surface area (Å²) in [6, 6.07) is 15.3. The number of benzene rings is 2. The molecule has 0 saturated heterocycles. The fourth-order valence-corrected chi connectivity index (χ4v) is 2.99. The maximum Gasteiger partial charge on any atom is 0.336 e. The topological polar surface area (TPSA) is 47.6 Å². The first-order valence-electron chi connectivity index (χ1n) is 7.99. The molecule has 6 heteroatoms. The molecular formula is C19H21Cl2NO3. The molecule has 0 amide bonds. The van der Waals surface area contributed by atoms with Crippen LogP contribution in [0.5, 0.6) is 0 Å². The minimum absolute atomic E-state index is 0.294. The standard InChI is InChI=1S/C19H21Cl2NO3/c1-3-25-19(23)18(24-2)17(22-21)11-13-7-9-14(10-8-13)15-5-4-6-16(20)12-15/h4-10,12,17-18,22H,3,11H2,1-2H3/t17-,18-/m1/s1. The number of rotatable bonds is 8. The smallest absolute Gasteiger partial charge is 0.336 e. The summed E-state index contributed by atoms with van der Waals surface area (Å²) in [6.07, 6.45) is -0.249. The molecule has 0 bridgehead atoms.